The lowest BCUT2D eigenvalue weighted by Gasteiger charge is -2.16. The third-order valence-corrected chi connectivity index (χ3v) is 5.49. The molecule has 3 aromatic rings. The quantitative estimate of drug-likeness (QED) is 0.497. The Balaban J connectivity index is 1.57. The highest BCUT2D eigenvalue weighted by Crippen LogP contribution is 2.33. The van der Waals surface area contributed by atoms with Crippen molar-refractivity contribution >= 4 is 5.70 Å². The molecule has 4 rings (SSSR count). The van der Waals surface area contributed by atoms with Crippen LogP contribution < -0.4 is 14.8 Å². The molecule has 2 aromatic carbocycles. The molecule has 1 heterocycles. The first kappa shape index (κ1) is 20.9. The fourth-order valence-corrected chi connectivity index (χ4v) is 3.40. The summed E-state index contributed by atoms with van der Waals surface area (Å²) in [5.74, 6) is 2.05. The predicted octanol–water partition coefficient (Wildman–Crippen LogP) is 4.80. The number of aromatic nitrogens is 1. The number of benzene rings is 2. The monoisotopic (exact) mass is 416 g/mol. The highest BCUT2D eigenvalue weighted by Gasteiger charge is 2.23. The van der Waals surface area contributed by atoms with Crippen LogP contribution in [0.15, 0.2) is 67.4 Å². The maximum atomic E-state index is 9.73. The number of nitrogens with zero attached hydrogens (tertiary/aromatic N) is 1. The van der Waals surface area contributed by atoms with E-state index in [1.165, 1.54) is 12.8 Å². The number of ether oxygens (including phenoxy) is 2. The highest BCUT2D eigenvalue weighted by atomic mass is 16.5. The van der Waals surface area contributed by atoms with E-state index in [4.69, 9.17) is 9.47 Å². The lowest BCUT2D eigenvalue weighted by molar-refractivity contribution is 0.282. The Bertz CT molecular complexity index is 1040. The fraction of sp³-hybridized carbons (Fsp3) is 0.269. The van der Waals surface area contributed by atoms with Crippen molar-refractivity contribution in [2.45, 2.75) is 26.0 Å². The zero-order valence-electron chi connectivity index (χ0n) is 17.8. The molecule has 0 atom stereocenters. The second-order valence-corrected chi connectivity index (χ2v) is 7.83. The minimum absolute atomic E-state index is 0.0257. The maximum Gasteiger partial charge on any atom is 0.222 e. The third-order valence-electron chi connectivity index (χ3n) is 5.49. The summed E-state index contributed by atoms with van der Waals surface area (Å²) in [6.45, 7) is 5.53. The Hall–Kier alpha value is -3.31. The Kier molecular flexibility index (Phi) is 6.53. The van der Waals surface area contributed by atoms with E-state index in [0.717, 1.165) is 39.3 Å². The fourth-order valence-electron chi connectivity index (χ4n) is 3.40. The van der Waals surface area contributed by atoms with Gasteiger partial charge in [-0.1, -0.05) is 43.0 Å². The lowest BCUT2D eigenvalue weighted by atomic mass is 9.99. The maximum absolute atomic E-state index is 9.73. The molecule has 0 amide bonds. The van der Waals surface area contributed by atoms with Gasteiger partial charge in [0.2, 0.25) is 5.88 Å². The van der Waals surface area contributed by atoms with Gasteiger partial charge >= 0.3 is 0 Å². The molecule has 0 bridgehead atoms. The zero-order chi connectivity index (χ0) is 21.6. The summed E-state index contributed by atoms with van der Waals surface area (Å²) in [4.78, 5) is 4.61. The Morgan fingerprint density at radius 3 is 2.65 bits per heavy atom. The van der Waals surface area contributed by atoms with Gasteiger partial charge in [-0.15, -0.1) is 0 Å². The van der Waals surface area contributed by atoms with Gasteiger partial charge in [0.15, 0.2) is 0 Å². The first-order valence-electron chi connectivity index (χ1n) is 10.6. The molecule has 5 heteroatoms. The number of rotatable bonds is 10. The number of methoxy groups -OCH3 is 1. The van der Waals surface area contributed by atoms with E-state index in [1.54, 1.807) is 13.3 Å². The molecule has 0 unspecified atom stereocenters. The van der Waals surface area contributed by atoms with E-state index in [1.807, 2.05) is 54.6 Å². The van der Waals surface area contributed by atoms with Gasteiger partial charge in [0.1, 0.15) is 5.75 Å². The van der Waals surface area contributed by atoms with Crippen molar-refractivity contribution in [1.29, 1.82) is 0 Å². The van der Waals surface area contributed by atoms with Crippen LogP contribution in [0.5, 0.6) is 11.6 Å². The smallest absolute Gasteiger partial charge is 0.222 e. The van der Waals surface area contributed by atoms with Crippen molar-refractivity contribution in [3.05, 3.63) is 84.1 Å². The highest BCUT2D eigenvalue weighted by molar-refractivity contribution is 5.74. The molecule has 0 radical (unpaired) electrons. The normalized spacial score (nSPS) is 13.0. The van der Waals surface area contributed by atoms with Crippen LogP contribution in [0.4, 0.5) is 0 Å². The summed E-state index contributed by atoms with van der Waals surface area (Å²) in [5.41, 5.74) is 5.44. The second kappa shape index (κ2) is 9.67. The van der Waals surface area contributed by atoms with Gasteiger partial charge in [0.25, 0.3) is 0 Å². The SMILES string of the molecule is C=C(NCc1ccc(OC)cc1)c1cc(-c2ccccc2CO)cnc1OCC1CC1. The number of aliphatic hydroxyl groups excluding tert-OH is 1. The topological polar surface area (TPSA) is 63.6 Å². The summed E-state index contributed by atoms with van der Waals surface area (Å²) in [6.07, 6.45) is 4.24. The zero-order valence-corrected chi connectivity index (χ0v) is 17.8. The van der Waals surface area contributed by atoms with Crippen LogP contribution >= 0.6 is 0 Å². The van der Waals surface area contributed by atoms with Gasteiger partial charge in [0.05, 0.1) is 25.9 Å². The third kappa shape index (κ3) is 5.25. The van der Waals surface area contributed by atoms with Crippen molar-refractivity contribution in [1.82, 2.24) is 10.3 Å². The van der Waals surface area contributed by atoms with E-state index in [2.05, 4.69) is 16.9 Å². The molecule has 1 fully saturated rings. The number of hydrogen-bond donors (Lipinski definition) is 2. The number of pyridine rings is 1. The molecule has 0 saturated heterocycles. The van der Waals surface area contributed by atoms with E-state index in [0.29, 0.717) is 24.9 Å². The van der Waals surface area contributed by atoms with Gasteiger partial charge in [-0.3, -0.25) is 0 Å². The molecular formula is C26H28N2O3. The first-order valence-corrected chi connectivity index (χ1v) is 10.6. The number of hydrogen-bond acceptors (Lipinski definition) is 5. The van der Waals surface area contributed by atoms with Gasteiger partial charge in [-0.2, -0.15) is 0 Å². The molecule has 1 aromatic heterocycles. The molecule has 31 heavy (non-hydrogen) atoms. The van der Waals surface area contributed by atoms with Gasteiger partial charge in [-0.25, -0.2) is 4.98 Å². The van der Waals surface area contributed by atoms with Gasteiger partial charge in [0, 0.05) is 24.0 Å². The van der Waals surface area contributed by atoms with E-state index in [-0.39, 0.29) is 6.61 Å². The molecule has 160 valence electrons. The Morgan fingerprint density at radius 1 is 1.16 bits per heavy atom. The minimum atomic E-state index is -0.0257. The summed E-state index contributed by atoms with van der Waals surface area (Å²) in [6, 6.07) is 17.8. The van der Waals surface area contributed by atoms with Gasteiger partial charge < -0.3 is 19.9 Å². The second-order valence-electron chi connectivity index (χ2n) is 7.83. The largest absolute Gasteiger partial charge is 0.497 e. The van der Waals surface area contributed by atoms with Crippen molar-refractivity contribution in [3.8, 4) is 22.8 Å². The Labute approximate surface area is 183 Å². The Morgan fingerprint density at radius 2 is 1.94 bits per heavy atom. The molecule has 1 saturated carbocycles. The minimum Gasteiger partial charge on any atom is -0.497 e. The lowest BCUT2D eigenvalue weighted by Crippen LogP contribution is -2.13. The van der Waals surface area contributed by atoms with Crippen LogP contribution in [0.1, 0.15) is 29.5 Å². The molecule has 1 aliphatic carbocycles. The molecule has 0 aliphatic heterocycles. The summed E-state index contributed by atoms with van der Waals surface area (Å²) >= 11 is 0. The van der Waals surface area contributed by atoms with Crippen molar-refractivity contribution < 1.29 is 14.6 Å². The summed E-state index contributed by atoms with van der Waals surface area (Å²) in [5, 5.41) is 13.1. The molecule has 0 spiro atoms. The standard InChI is InChI=1S/C26H28N2O3/c1-18(27-14-19-9-11-23(30-2)12-10-19)25-13-22(24-6-4-3-5-21(24)16-29)15-28-26(25)31-17-20-7-8-20/h3-6,9-13,15,20,27,29H,1,7-8,14,16-17H2,2H3. The average Bonchev–Trinajstić information content (AvgIpc) is 3.66. The number of aliphatic hydroxyl groups is 1. The van der Waals surface area contributed by atoms with E-state index in [9.17, 15) is 5.11 Å². The van der Waals surface area contributed by atoms with Crippen LogP contribution in [0.25, 0.3) is 16.8 Å². The average molecular weight is 417 g/mol. The van der Waals surface area contributed by atoms with Crippen molar-refractivity contribution in [3.63, 3.8) is 0 Å². The summed E-state index contributed by atoms with van der Waals surface area (Å²) in [7, 11) is 1.66. The van der Waals surface area contributed by atoms with Crippen LogP contribution in [-0.2, 0) is 13.2 Å². The van der Waals surface area contributed by atoms with Crippen LogP contribution in [-0.4, -0.2) is 23.8 Å². The number of nitrogens with one attached hydrogen (secondary N) is 1. The summed E-state index contributed by atoms with van der Waals surface area (Å²) < 4.78 is 11.3. The molecule has 5 nitrogen and oxygen atoms in total. The van der Waals surface area contributed by atoms with Crippen LogP contribution in [0, 0.1) is 5.92 Å². The van der Waals surface area contributed by atoms with E-state index >= 15 is 0 Å². The van der Waals surface area contributed by atoms with Crippen LogP contribution in [0.3, 0.4) is 0 Å². The van der Waals surface area contributed by atoms with Gasteiger partial charge in [-0.05, 0) is 53.6 Å². The predicted molar refractivity (Wildman–Crippen MR) is 123 cm³/mol. The van der Waals surface area contributed by atoms with Crippen molar-refractivity contribution in [2.24, 2.45) is 5.92 Å². The van der Waals surface area contributed by atoms with Crippen molar-refractivity contribution in [2.75, 3.05) is 13.7 Å². The molecule has 1 aliphatic rings. The molecule has 2 N–H and O–H groups in total. The van der Waals surface area contributed by atoms with E-state index < -0.39 is 0 Å². The molecular weight excluding hydrogens is 388 g/mol. The van der Waals surface area contributed by atoms with Crippen LogP contribution in [0.2, 0.25) is 0 Å². The first-order chi connectivity index (χ1) is 15.2.